The Morgan fingerprint density at radius 1 is 1.00 bits per heavy atom. The normalized spacial score (nSPS) is 10.0. The van der Waals surface area contributed by atoms with Gasteiger partial charge in [0.05, 0.1) is 28.2 Å². The first kappa shape index (κ1) is 16.0. The molecule has 0 fully saturated rings. The van der Waals surface area contributed by atoms with Crippen molar-refractivity contribution in [3.8, 4) is 6.07 Å². The molecule has 0 aliphatic rings. The molecule has 0 saturated heterocycles. The van der Waals surface area contributed by atoms with Gasteiger partial charge in [0.25, 0.3) is 0 Å². The highest BCUT2D eigenvalue weighted by Gasteiger charge is 2.07. The van der Waals surface area contributed by atoms with E-state index in [1.807, 2.05) is 6.07 Å². The van der Waals surface area contributed by atoms with Gasteiger partial charge in [0.15, 0.2) is 5.82 Å². The molecule has 0 bridgehead atoms. The number of aromatic nitrogens is 3. The Labute approximate surface area is 148 Å². The highest BCUT2D eigenvalue weighted by molar-refractivity contribution is 6.36. The van der Waals surface area contributed by atoms with Gasteiger partial charge in [-0.2, -0.15) is 15.3 Å². The number of hydrogen-bond acceptors (Lipinski definition) is 6. The van der Waals surface area contributed by atoms with E-state index in [0.29, 0.717) is 32.8 Å². The second kappa shape index (κ2) is 7.13. The molecule has 2 aromatic carbocycles. The Kier molecular flexibility index (Phi) is 4.75. The van der Waals surface area contributed by atoms with Crippen LogP contribution < -0.4 is 10.6 Å². The summed E-state index contributed by atoms with van der Waals surface area (Å²) in [6.45, 7) is 0. The fourth-order valence-electron chi connectivity index (χ4n) is 1.96. The molecule has 2 N–H and O–H groups in total. The summed E-state index contributed by atoms with van der Waals surface area (Å²) in [5.74, 6) is 0.707. The lowest BCUT2D eigenvalue weighted by Gasteiger charge is -2.09. The average Bonchev–Trinajstić information content (AvgIpc) is 2.58. The number of para-hydroxylation sites is 1. The van der Waals surface area contributed by atoms with Crippen molar-refractivity contribution < 1.29 is 0 Å². The van der Waals surface area contributed by atoms with Crippen molar-refractivity contribution in [1.82, 2.24) is 15.2 Å². The summed E-state index contributed by atoms with van der Waals surface area (Å²) in [6, 6.07) is 14.3. The maximum Gasteiger partial charge on any atom is 0.249 e. The van der Waals surface area contributed by atoms with Crippen LogP contribution in [0.25, 0.3) is 0 Å². The summed E-state index contributed by atoms with van der Waals surface area (Å²) in [5, 5.41) is 23.9. The molecule has 1 aromatic heterocycles. The molecular weight excluding hydrogens is 347 g/mol. The highest BCUT2D eigenvalue weighted by atomic mass is 35.5. The number of nitriles is 1. The third-order valence-electron chi connectivity index (χ3n) is 3.05. The van der Waals surface area contributed by atoms with E-state index in [1.54, 1.807) is 36.4 Å². The minimum Gasteiger partial charge on any atom is -0.338 e. The van der Waals surface area contributed by atoms with Crippen molar-refractivity contribution in [3.05, 3.63) is 64.3 Å². The molecule has 0 spiro atoms. The first-order chi connectivity index (χ1) is 11.7. The van der Waals surface area contributed by atoms with E-state index in [-0.39, 0.29) is 5.95 Å². The van der Waals surface area contributed by atoms with Gasteiger partial charge in [-0.05, 0) is 30.3 Å². The zero-order chi connectivity index (χ0) is 16.9. The average molecular weight is 357 g/mol. The van der Waals surface area contributed by atoms with E-state index < -0.39 is 0 Å². The Morgan fingerprint density at radius 3 is 2.62 bits per heavy atom. The number of anilines is 4. The molecule has 0 saturated carbocycles. The van der Waals surface area contributed by atoms with E-state index in [2.05, 4.69) is 31.9 Å². The van der Waals surface area contributed by atoms with E-state index >= 15 is 0 Å². The van der Waals surface area contributed by atoms with Gasteiger partial charge in [-0.15, -0.1) is 5.10 Å². The van der Waals surface area contributed by atoms with Crippen LogP contribution in [0.15, 0.2) is 48.7 Å². The molecular formula is C16H10Cl2N6. The molecule has 3 rings (SSSR count). The minimum absolute atomic E-state index is 0.263. The first-order valence-electron chi connectivity index (χ1n) is 6.83. The van der Waals surface area contributed by atoms with Crippen LogP contribution in [0.4, 0.5) is 23.1 Å². The van der Waals surface area contributed by atoms with E-state index in [4.69, 9.17) is 28.5 Å². The Morgan fingerprint density at radius 2 is 1.83 bits per heavy atom. The predicted octanol–water partition coefficient (Wildman–Crippen LogP) is 4.54. The van der Waals surface area contributed by atoms with Gasteiger partial charge in [-0.25, -0.2) is 0 Å². The summed E-state index contributed by atoms with van der Waals surface area (Å²) in [6.07, 6.45) is 1.46. The summed E-state index contributed by atoms with van der Waals surface area (Å²) in [4.78, 5) is 4.31. The van der Waals surface area contributed by atoms with Crippen LogP contribution >= 0.6 is 23.2 Å². The Balaban J connectivity index is 1.83. The molecule has 1 heterocycles. The van der Waals surface area contributed by atoms with Crippen LogP contribution in [0.3, 0.4) is 0 Å². The number of nitrogens with zero attached hydrogens (tertiary/aromatic N) is 4. The molecule has 0 aliphatic carbocycles. The van der Waals surface area contributed by atoms with Crippen molar-refractivity contribution in [1.29, 1.82) is 5.26 Å². The van der Waals surface area contributed by atoms with Gasteiger partial charge in [0, 0.05) is 5.02 Å². The van der Waals surface area contributed by atoms with Crippen LogP contribution in [0.5, 0.6) is 0 Å². The van der Waals surface area contributed by atoms with Crippen molar-refractivity contribution in [2.24, 2.45) is 0 Å². The molecule has 0 radical (unpaired) electrons. The number of hydrogen-bond donors (Lipinski definition) is 2. The lowest BCUT2D eigenvalue weighted by Crippen LogP contribution is -2.03. The van der Waals surface area contributed by atoms with Crippen LogP contribution in [0.1, 0.15) is 5.56 Å². The van der Waals surface area contributed by atoms with E-state index in [0.717, 1.165) is 0 Å². The molecule has 8 heteroatoms. The summed E-state index contributed by atoms with van der Waals surface area (Å²) in [7, 11) is 0. The zero-order valence-corrected chi connectivity index (χ0v) is 13.7. The monoisotopic (exact) mass is 356 g/mol. The van der Waals surface area contributed by atoms with Gasteiger partial charge in [0.2, 0.25) is 5.95 Å². The van der Waals surface area contributed by atoms with Crippen LogP contribution in [0, 0.1) is 11.3 Å². The zero-order valence-electron chi connectivity index (χ0n) is 12.2. The largest absolute Gasteiger partial charge is 0.338 e. The SMILES string of the molecule is N#Cc1ccccc1Nc1cnnc(Nc2ccc(Cl)cc2Cl)n1. The standard InChI is InChI=1S/C16H10Cl2N6/c17-11-5-6-14(12(18)7-11)22-16-23-15(9-20-24-16)21-13-4-2-1-3-10(13)8-19/h1-7,9H,(H2,21,22,23,24). The van der Waals surface area contributed by atoms with Gasteiger partial charge in [-0.3, -0.25) is 0 Å². The summed E-state index contributed by atoms with van der Waals surface area (Å²) in [5.41, 5.74) is 1.75. The van der Waals surface area contributed by atoms with Crippen LogP contribution in [-0.4, -0.2) is 15.2 Å². The quantitative estimate of drug-likeness (QED) is 0.713. The van der Waals surface area contributed by atoms with E-state index in [9.17, 15) is 0 Å². The van der Waals surface area contributed by atoms with Gasteiger partial charge in [0.1, 0.15) is 6.07 Å². The number of benzene rings is 2. The molecule has 0 atom stereocenters. The Bertz CT molecular complexity index is 922. The van der Waals surface area contributed by atoms with Crippen molar-refractivity contribution >= 4 is 46.3 Å². The van der Waals surface area contributed by atoms with Crippen LogP contribution in [-0.2, 0) is 0 Å². The topological polar surface area (TPSA) is 86.5 Å². The maximum absolute atomic E-state index is 9.12. The second-order valence-corrected chi connectivity index (χ2v) is 5.54. The lowest BCUT2D eigenvalue weighted by atomic mass is 10.2. The fourth-order valence-corrected chi connectivity index (χ4v) is 2.41. The van der Waals surface area contributed by atoms with Crippen molar-refractivity contribution in [2.45, 2.75) is 0 Å². The molecule has 118 valence electrons. The molecule has 0 amide bonds. The number of nitrogens with one attached hydrogen (secondary N) is 2. The fraction of sp³-hybridized carbons (Fsp3) is 0. The van der Waals surface area contributed by atoms with Gasteiger partial charge >= 0.3 is 0 Å². The molecule has 24 heavy (non-hydrogen) atoms. The van der Waals surface area contributed by atoms with E-state index in [1.165, 1.54) is 6.20 Å². The third kappa shape index (κ3) is 3.71. The van der Waals surface area contributed by atoms with Gasteiger partial charge < -0.3 is 10.6 Å². The second-order valence-electron chi connectivity index (χ2n) is 4.70. The number of halogens is 2. The third-order valence-corrected chi connectivity index (χ3v) is 3.59. The minimum atomic E-state index is 0.263. The highest BCUT2D eigenvalue weighted by Crippen LogP contribution is 2.27. The van der Waals surface area contributed by atoms with Crippen molar-refractivity contribution in [3.63, 3.8) is 0 Å². The predicted molar refractivity (Wildman–Crippen MR) is 94.0 cm³/mol. The van der Waals surface area contributed by atoms with Gasteiger partial charge in [-0.1, -0.05) is 35.3 Å². The molecule has 6 nitrogen and oxygen atoms in total. The van der Waals surface area contributed by atoms with Crippen LogP contribution in [0.2, 0.25) is 10.0 Å². The summed E-state index contributed by atoms with van der Waals surface area (Å²) >= 11 is 12.0. The Hall–Kier alpha value is -2.88. The maximum atomic E-state index is 9.12. The summed E-state index contributed by atoms with van der Waals surface area (Å²) < 4.78 is 0. The first-order valence-corrected chi connectivity index (χ1v) is 7.59. The lowest BCUT2D eigenvalue weighted by molar-refractivity contribution is 0.982. The molecule has 0 aliphatic heterocycles. The number of rotatable bonds is 4. The molecule has 3 aromatic rings. The smallest absolute Gasteiger partial charge is 0.249 e. The molecule has 0 unspecified atom stereocenters. The van der Waals surface area contributed by atoms with Crippen molar-refractivity contribution in [2.75, 3.05) is 10.6 Å².